The number of aromatic amines is 2. The number of hydrogen-bond donors (Lipinski definition) is 2. The molecule has 5 rings (SSSR count). The Morgan fingerprint density at radius 2 is 0.923 bits per heavy atom. The van der Waals surface area contributed by atoms with E-state index in [0.717, 1.165) is 44.8 Å². The van der Waals surface area contributed by atoms with E-state index in [1.54, 1.807) is 0 Å². The number of benzene rings is 3. The van der Waals surface area contributed by atoms with Crippen LogP contribution in [-0.2, 0) is 0 Å². The van der Waals surface area contributed by atoms with Crippen LogP contribution < -0.4 is 9.47 Å². The predicted octanol–water partition coefficient (Wildman–Crippen LogP) is 6.23. The van der Waals surface area contributed by atoms with E-state index >= 15 is 0 Å². The molecule has 0 bridgehead atoms. The van der Waals surface area contributed by atoms with Crippen molar-refractivity contribution in [2.24, 2.45) is 0 Å². The third-order valence-corrected chi connectivity index (χ3v) is 4.38. The van der Waals surface area contributed by atoms with Crippen molar-refractivity contribution >= 4 is 21.8 Å². The Morgan fingerprint density at radius 3 is 1.38 bits per heavy atom. The van der Waals surface area contributed by atoms with Crippen molar-refractivity contribution in [2.45, 2.75) is 0 Å². The molecule has 0 aliphatic heterocycles. The summed E-state index contributed by atoms with van der Waals surface area (Å²) in [4.78, 5) is 6.43. The zero-order valence-corrected chi connectivity index (χ0v) is 13.9. The molecule has 0 saturated heterocycles. The van der Waals surface area contributed by atoms with Crippen LogP contribution in [0.4, 0.5) is 0 Å². The van der Waals surface area contributed by atoms with E-state index in [-0.39, 0.29) is 0 Å². The highest BCUT2D eigenvalue weighted by Crippen LogP contribution is 2.33. The molecule has 5 aromatic rings. The summed E-state index contributed by atoms with van der Waals surface area (Å²) in [5.74, 6) is 3.15. The van der Waals surface area contributed by atoms with E-state index in [1.165, 1.54) is 0 Å². The predicted molar refractivity (Wildman–Crippen MR) is 103 cm³/mol. The maximum absolute atomic E-state index is 6.00. The fraction of sp³-hybridized carbons (Fsp3) is 0. The molecule has 126 valence electrons. The van der Waals surface area contributed by atoms with Gasteiger partial charge in [-0.1, -0.05) is 24.3 Å². The van der Waals surface area contributed by atoms with Gasteiger partial charge in [0, 0.05) is 34.2 Å². The number of fused-ring (bicyclic) bond motifs is 2. The molecule has 0 radical (unpaired) electrons. The van der Waals surface area contributed by atoms with Gasteiger partial charge in [0.15, 0.2) is 11.5 Å². The fourth-order valence-electron chi connectivity index (χ4n) is 3.09. The van der Waals surface area contributed by atoms with Gasteiger partial charge in [-0.25, -0.2) is 0 Å². The van der Waals surface area contributed by atoms with Gasteiger partial charge in [0.1, 0.15) is 11.5 Å². The Bertz CT molecular complexity index is 1090. The Kier molecular flexibility index (Phi) is 3.39. The van der Waals surface area contributed by atoms with Crippen LogP contribution >= 0.6 is 0 Å². The molecule has 2 heterocycles. The summed E-state index contributed by atoms with van der Waals surface area (Å²) in [7, 11) is 0. The topological polar surface area (TPSA) is 50.0 Å². The summed E-state index contributed by atoms with van der Waals surface area (Å²) in [6, 6.07) is 23.8. The molecular weight excluding hydrogens is 324 g/mol. The van der Waals surface area contributed by atoms with Crippen LogP contribution in [0.2, 0.25) is 0 Å². The highest BCUT2D eigenvalue weighted by Gasteiger charge is 2.07. The number of aromatic nitrogens is 2. The smallest absolute Gasteiger partial charge is 0.152 e. The number of nitrogens with one attached hydrogen (secondary N) is 2. The SMILES string of the molecule is c1ccc2c(Oc3ccc(Oc4c[nH]c5ccccc45)cc3)c[nH]c2c1. The summed E-state index contributed by atoms with van der Waals surface area (Å²) in [5.41, 5.74) is 2.11. The Hall–Kier alpha value is -3.66. The van der Waals surface area contributed by atoms with Crippen molar-refractivity contribution in [3.05, 3.63) is 85.2 Å². The molecule has 0 spiro atoms. The van der Waals surface area contributed by atoms with Crippen molar-refractivity contribution < 1.29 is 9.47 Å². The Morgan fingerprint density at radius 1 is 0.500 bits per heavy atom. The third kappa shape index (κ3) is 2.58. The van der Waals surface area contributed by atoms with Crippen LogP contribution in [-0.4, -0.2) is 9.97 Å². The molecule has 4 heteroatoms. The van der Waals surface area contributed by atoms with Gasteiger partial charge in [0.2, 0.25) is 0 Å². The van der Waals surface area contributed by atoms with Crippen molar-refractivity contribution in [2.75, 3.05) is 0 Å². The van der Waals surface area contributed by atoms with Crippen molar-refractivity contribution in [1.29, 1.82) is 0 Å². The normalized spacial score (nSPS) is 11.1. The average molecular weight is 340 g/mol. The molecule has 0 aliphatic carbocycles. The minimum atomic E-state index is 0.765. The minimum absolute atomic E-state index is 0.765. The van der Waals surface area contributed by atoms with Gasteiger partial charge in [-0.15, -0.1) is 0 Å². The lowest BCUT2D eigenvalue weighted by molar-refractivity contribution is 0.474. The molecule has 26 heavy (non-hydrogen) atoms. The monoisotopic (exact) mass is 340 g/mol. The quantitative estimate of drug-likeness (QED) is 0.407. The molecule has 3 aromatic carbocycles. The lowest BCUT2D eigenvalue weighted by Crippen LogP contribution is -1.85. The maximum Gasteiger partial charge on any atom is 0.152 e. The summed E-state index contributed by atoms with van der Waals surface area (Å²) in [6.45, 7) is 0. The van der Waals surface area contributed by atoms with E-state index in [2.05, 4.69) is 9.97 Å². The molecule has 0 aliphatic rings. The van der Waals surface area contributed by atoms with Crippen LogP contribution in [0.1, 0.15) is 0 Å². The minimum Gasteiger partial charge on any atom is -0.455 e. The molecule has 0 unspecified atom stereocenters. The third-order valence-electron chi connectivity index (χ3n) is 4.38. The highest BCUT2D eigenvalue weighted by molar-refractivity contribution is 5.87. The van der Waals surface area contributed by atoms with Crippen molar-refractivity contribution in [3.8, 4) is 23.0 Å². The molecule has 4 nitrogen and oxygen atoms in total. The van der Waals surface area contributed by atoms with Gasteiger partial charge in [-0.3, -0.25) is 0 Å². The lowest BCUT2D eigenvalue weighted by atomic mass is 10.2. The van der Waals surface area contributed by atoms with E-state index < -0.39 is 0 Å². The largest absolute Gasteiger partial charge is 0.455 e. The number of para-hydroxylation sites is 2. The van der Waals surface area contributed by atoms with Crippen LogP contribution in [0, 0.1) is 0 Å². The number of H-pyrrole nitrogens is 2. The second kappa shape index (κ2) is 6.01. The van der Waals surface area contributed by atoms with Crippen LogP contribution in [0.3, 0.4) is 0 Å². The Labute approximate surface area is 150 Å². The molecule has 0 saturated carbocycles. The Balaban J connectivity index is 1.37. The second-order valence-electron chi connectivity index (χ2n) is 6.07. The summed E-state index contributed by atoms with van der Waals surface area (Å²) < 4.78 is 12.0. The van der Waals surface area contributed by atoms with E-state index in [1.807, 2.05) is 85.2 Å². The number of hydrogen-bond acceptors (Lipinski definition) is 2. The maximum atomic E-state index is 6.00. The summed E-state index contributed by atoms with van der Waals surface area (Å²) in [6.07, 6.45) is 3.75. The van der Waals surface area contributed by atoms with Gasteiger partial charge in [0.05, 0.1) is 0 Å². The lowest BCUT2D eigenvalue weighted by Gasteiger charge is -2.07. The first-order valence-electron chi connectivity index (χ1n) is 8.45. The molecule has 0 fully saturated rings. The number of rotatable bonds is 4. The van der Waals surface area contributed by atoms with Gasteiger partial charge < -0.3 is 19.4 Å². The van der Waals surface area contributed by atoms with Gasteiger partial charge in [-0.05, 0) is 48.5 Å². The molecular formula is C22H16N2O2. The zero-order valence-electron chi connectivity index (χ0n) is 13.9. The average Bonchev–Trinajstić information content (AvgIpc) is 3.28. The molecule has 2 aromatic heterocycles. The van der Waals surface area contributed by atoms with Gasteiger partial charge in [-0.2, -0.15) is 0 Å². The first-order valence-corrected chi connectivity index (χ1v) is 8.45. The standard InChI is InChI=1S/C22H16N2O2/c1-3-7-19-17(5-1)21(13-23-19)25-15-9-11-16(12-10-15)26-22-14-24-20-8-4-2-6-18(20)22/h1-14,23-24H. The first kappa shape index (κ1) is 14.7. The second-order valence-corrected chi connectivity index (χ2v) is 6.07. The van der Waals surface area contributed by atoms with Crippen molar-refractivity contribution in [3.63, 3.8) is 0 Å². The van der Waals surface area contributed by atoms with Gasteiger partial charge >= 0.3 is 0 Å². The van der Waals surface area contributed by atoms with Gasteiger partial charge in [0.25, 0.3) is 0 Å². The first-order chi connectivity index (χ1) is 12.9. The molecule has 0 amide bonds. The zero-order chi connectivity index (χ0) is 17.3. The summed E-state index contributed by atoms with van der Waals surface area (Å²) in [5, 5.41) is 2.12. The highest BCUT2D eigenvalue weighted by atomic mass is 16.5. The van der Waals surface area contributed by atoms with Crippen LogP contribution in [0.5, 0.6) is 23.0 Å². The van der Waals surface area contributed by atoms with E-state index in [9.17, 15) is 0 Å². The van der Waals surface area contributed by atoms with E-state index in [0.29, 0.717) is 0 Å². The fourth-order valence-corrected chi connectivity index (χ4v) is 3.09. The van der Waals surface area contributed by atoms with Crippen LogP contribution in [0.15, 0.2) is 85.2 Å². The summed E-state index contributed by atoms with van der Waals surface area (Å²) >= 11 is 0. The van der Waals surface area contributed by atoms with Crippen LogP contribution in [0.25, 0.3) is 21.8 Å². The molecule has 2 N–H and O–H groups in total. The van der Waals surface area contributed by atoms with Crippen molar-refractivity contribution in [1.82, 2.24) is 9.97 Å². The van der Waals surface area contributed by atoms with E-state index in [4.69, 9.17) is 9.47 Å². The molecule has 0 atom stereocenters. The number of ether oxygens (including phenoxy) is 2.